The number of pyridine rings is 2. The second kappa shape index (κ2) is 8.76. The fourth-order valence-electron chi connectivity index (χ4n) is 2.60. The molecule has 3 aromatic rings. The van der Waals surface area contributed by atoms with E-state index in [1.54, 1.807) is 25.7 Å². The molecule has 26 heavy (non-hydrogen) atoms. The lowest BCUT2D eigenvalue weighted by atomic mass is 10.1. The number of rotatable bonds is 7. The Balaban J connectivity index is 1.51. The Morgan fingerprint density at radius 1 is 1.08 bits per heavy atom. The SMILES string of the molecule is COc1ccc(CCC(=O)NCc2ccnc(-c3cccnc3)c2)cc1. The Bertz CT molecular complexity index is 849. The van der Waals surface area contributed by atoms with Crippen molar-refractivity contribution in [2.24, 2.45) is 0 Å². The molecule has 0 saturated carbocycles. The third-order valence-corrected chi connectivity index (χ3v) is 4.07. The van der Waals surface area contributed by atoms with Crippen LogP contribution >= 0.6 is 0 Å². The molecule has 3 rings (SSSR count). The lowest BCUT2D eigenvalue weighted by Crippen LogP contribution is -2.23. The molecule has 1 N–H and O–H groups in total. The molecule has 0 aliphatic rings. The van der Waals surface area contributed by atoms with Crippen LogP contribution in [0.25, 0.3) is 11.3 Å². The van der Waals surface area contributed by atoms with E-state index in [4.69, 9.17) is 4.74 Å². The summed E-state index contributed by atoms with van der Waals surface area (Å²) >= 11 is 0. The Labute approximate surface area is 153 Å². The van der Waals surface area contributed by atoms with Crippen LogP contribution in [0.1, 0.15) is 17.5 Å². The van der Waals surface area contributed by atoms with Crippen LogP contribution in [0.15, 0.2) is 67.1 Å². The van der Waals surface area contributed by atoms with Gasteiger partial charge in [-0.15, -0.1) is 0 Å². The summed E-state index contributed by atoms with van der Waals surface area (Å²) in [7, 11) is 1.64. The van der Waals surface area contributed by atoms with E-state index in [1.165, 1.54) is 0 Å². The van der Waals surface area contributed by atoms with E-state index in [2.05, 4.69) is 15.3 Å². The molecule has 0 spiro atoms. The molecule has 5 nitrogen and oxygen atoms in total. The number of hydrogen-bond acceptors (Lipinski definition) is 4. The predicted molar refractivity (Wildman–Crippen MR) is 101 cm³/mol. The summed E-state index contributed by atoms with van der Waals surface area (Å²) in [6.45, 7) is 0.483. The van der Waals surface area contributed by atoms with E-state index in [0.29, 0.717) is 19.4 Å². The van der Waals surface area contributed by atoms with Gasteiger partial charge in [-0.1, -0.05) is 12.1 Å². The molecule has 132 valence electrons. The van der Waals surface area contributed by atoms with Crippen LogP contribution in [0.5, 0.6) is 5.75 Å². The summed E-state index contributed by atoms with van der Waals surface area (Å²) in [5.41, 5.74) is 3.93. The summed E-state index contributed by atoms with van der Waals surface area (Å²) in [4.78, 5) is 20.6. The summed E-state index contributed by atoms with van der Waals surface area (Å²) < 4.78 is 5.14. The van der Waals surface area contributed by atoms with Crippen LogP contribution in [0.2, 0.25) is 0 Å². The molecule has 0 radical (unpaired) electrons. The molecule has 0 atom stereocenters. The third kappa shape index (κ3) is 4.89. The first-order valence-corrected chi connectivity index (χ1v) is 8.49. The van der Waals surface area contributed by atoms with Gasteiger partial charge in [0.2, 0.25) is 5.91 Å². The molecule has 1 aromatic carbocycles. The fourth-order valence-corrected chi connectivity index (χ4v) is 2.60. The number of carbonyl (C=O) groups is 1. The van der Waals surface area contributed by atoms with Crippen LogP contribution in [-0.2, 0) is 17.8 Å². The molecule has 0 bridgehead atoms. The van der Waals surface area contributed by atoms with E-state index in [1.807, 2.05) is 48.5 Å². The zero-order chi connectivity index (χ0) is 18.2. The van der Waals surface area contributed by atoms with Crippen LogP contribution in [0.3, 0.4) is 0 Å². The lowest BCUT2D eigenvalue weighted by Gasteiger charge is -2.07. The summed E-state index contributed by atoms with van der Waals surface area (Å²) in [6, 6.07) is 15.5. The maximum Gasteiger partial charge on any atom is 0.220 e. The molecule has 0 saturated heterocycles. The largest absolute Gasteiger partial charge is 0.497 e. The number of amides is 1. The van der Waals surface area contributed by atoms with Gasteiger partial charge in [-0.2, -0.15) is 0 Å². The zero-order valence-electron chi connectivity index (χ0n) is 14.7. The maximum atomic E-state index is 12.1. The van der Waals surface area contributed by atoms with Crippen molar-refractivity contribution in [1.29, 1.82) is 0 Å². The van der Waals surface area contributed by atoms with Gasteiger partial charge in [0.25, 0.3) is 0 Å². The van der Waals surface area contributed by atoms with Crippen molar-refractivity contribution in [2.45, 2.75) is 19.4 Å². The quantitative estimate of drug-likeness (QED) is 0.711. The van der Waals surface area contributed by atoms with Crippen LogP contribution in [0, 0.1) is 0 Å². The second-order valence-corrected chi connectivity index (χ2v) is 5.92. The van der Waals surface area contributed by atoms with E-state index in [-0.39, 0.29) is 5.91 Å². The highest BCUT2D eigenvalue weighted by atomic mass is 16.5. The smallest absolute Gasteiger partial charge is 0.220 e. The van der Waals surface area contributed by atoms with Crippen LogP contribution < -0.4 is 10.1 Å². The molecule has 2 heterocycles. The first-order valence-electron chi connectivity index (χ1n) is 8.49. The van der Waals surface area contributed by atoms with Crippen molar-refractivity contribution in [3.63, 3.8) is 0 Å². The summed E-state index contributed by atoms with van der Waals surface area (Å²) in [5, 5.41) is 2.96. The minimum atomic E-state index is 0.0283. The molecule has 0 aliphatic carbocycles. The van der Waals surface area contributed by atoms with Crippen LogP contribution in [-0.4, -0.2) is 23.0 Å². The van der Waals surface area contributed by atoms with Crippen molar-refractivity contribution >= 4 is 5.91 Å². The Morgan fingerprint density at radius 2 is 1.92 bits per heavy atom. The van der Waals surface area contributed by atoms with Gasteiger partial charge >= 0.3 is 0 Å². The number of nitrogens with zero attached hydrogens (tertiary/aromatic N) is 2. The molecule has 2 aromatic heterocycles. The van der Waals surface area contributed by atoms with Crippen molar-refractivity contribution in [3.8, 4) is 17.0 Å². The van der Waals surface area contributed by atoms with Gasteiger partial charge in [0, 0.05) is 37.1 Å². The lowest BCUT2D eigenvalue weighted by molar-refractivity contribution is -0.121. The minimum Gasteiger partial charge on any atom is -0.497 e. The number of carbonyl (C=O) groups excluding carboxylic acids is 1. The Morgan fingerprint density at radius 3 is 2.65 bits per heavy atom. The first-order chi connectivity index (χ1) is 12.7. The standard InChI is InChI=1S/C21H21N3O2/c1-26-19-7-4-16(5-8-19)6-9-21(25)24-14-17-10-12-23-20(13-17)18-3-2-11-22-15-18/h2-5,7-8,10-13,15H,6,9,14H2,1H3,(H,24,25). The highest BCUT2D eigenvalue weighted by Gasteiger charge is 2.05. The monoisotopic (exact) mass is 347 g/mol. The van der Waals surface area contributed by atoms with Gasteiger partial charge in [0.05, 0.1) is 12.8 Å². The van der Waals surface area contributed by atoms with Gasteiger partial charge in [-0.25, -0.2) is 0 Å². The topological polar surface area (TPSA) is 64.1 Å². The molecule has 0 aliphatic heterocycles. The molecule has 1 amide bonds. The average Bonchev–Trinajstić information content (AvgIpc) is 2.72. The third-order valence-electron chi connectivity index (χ3n) is 4.07. The van der Waals surface area contributed by atoms with Gasteiger partial charge in [-0.3, -0.25) is 14.8 Å². The minimum absolute atomic E-state index is 0.0283. The molecular weight excluding hydrogens is 326 g/mol. The van der Waals surface area contributed by atoms with E-state index < -0.39 is 0 Å². The number of nitrogens with one attached hydrogen (secondary N) is 1. The Kier molecular flexibility index (Phi) is 5.93. The zero-order valence-corrected chi connectivity index (χ0v) is 14.7. The number of benzene rings is 1. The highest BCUT2D eigenvalue weighted by Crippen LogP contribution is 2.16. The Hall–Kier alpha value is -3.21. The van der Waals surface area contributed by atoms with Gasteiger partial charge < -0.3 is 10.1 Å². The summed E-state index contributed by atoms with van der Waals surface area (Å²) in [6.07, 6.45) is 6.41. The van der Waals surface area contributed by atoms with Crippen molar-refractivity contribution < 1.29 is 9.53 Å². The molecular formula is C21H21N3O2. The van der Waals surface area contributed by atoms with Gasteiger partial charge in [-0.05, 0) is 53.9 Å². The van der Waals surface area contributed by atoms with Crippen LogP contribution in [0.4, 0.5) is 0 Å². The van der Waals surface area contributed by atoms with Crippen molar-refractivity contribution in [3.05, 3.63) is 78.2 Å². The number of aromatic nitrogens is 2. The fraction of sp³-hybridized carbons (Fsp3) is 0.190. The highest BCUT2D eigenvalue weighted by molar-refractivity contribution is 5.76. The number of aryl methyl sites for hydroxylation is 1. The van der Waals surface area contributed by atoms with Gasteiger partial charge in [0.15, 0.2) is 0 Å². The maximum absolute atomic E-state index is 12.1. The summed E-state index contributed by atoms with van der Waals surface area (Å²) in [5.74, 6) is 0.848. The van der Waals surface area contributed by atoms with Crippen molar-refractivity contribution in [1.82, 2.24) is 15.3 Å². The number of methoxy groups -OCH3 is 1. The average molecular weight is 347 g/mol. The second-order valence-electron chi connectivity index (χ2n) is 5.92. The molecule has 0 fully saturated rings. The number of hydrogen-bond donors (Lipinski definition) is 1. The first kappa shape index (κ1) is 17.6. The van der Waals surface area contributed by atoms with Gasteiger partial charge in [0.1, 0.15) is 5.75 Å². The van der Waals surface area contributed by atoms with Crippen molar-refractivity contribution in [2.75, 3.05) is 7.11 Å². The molecule has 5 heteroatoms. The van der Waals surface area contributed by atoms with E-state index >= 15 is 0 Å². The predicted octanol–water partition coefficient (Wildman–Crippen LogP) is 3.40. The molecule has 0 unspecified atom stereocenters. The van der Waals surface area contributed by atoms with E-state index in [0.717, 1.165) is 28.1 Å². The van der Waals surface area contributed by atoms with E-state index in [9.17, 15) is 4.79 Å². The normalized spacial score (nSPS) is 10.3. The number of ether oxygens (including phenoxy) is 1.